The number of nitrogens with zero attached hydrogens (tertiary/aromatic N) is 3. The van der Waals surface area contributed by atoms with Crippen LogP contribution in [0.1, 0.15) is 10.4 Å². The van der Waals surface area contributed by atoms with E-state index >= 15 is 0 Å². The molecule has 0 aliphatic carbocycles. The van der Waals surface area contributed by atoms with Gasteiger partial charge < -0.3 is 4.40 Å². The Bertz CT molecular complexity index is 1200. The average Bonchev–Trinajstić information content (AvgIpc) is 3.15. The highest BCUT2D eigenvalue weighted by molar-refractivity contribution is 5.96. The molecule has 0 atom stereocenters. The van der Waals surface area contributed by atoms with E-state index in [1.54, 1.807) is 0 Å². The summed E-state index contributed by atoms with van der Waals surface area (Å²) in [4.78, 5) is 26.8. The van der Waals surface area contributed by atoms with Gasteiger partial charge in [0.15, 0.2) is 5.82 Å². The van der Waals surface area contributed by atoms with Crippen LogP contribution in [0.15, 0.2) is 60.8 Å². The summed E-state index contributed by atoms with van der Waals surface area (Å²) in [6.07, 6.45) is 1.86. The van der Waals surface area contributed by atoms with Gasteiger partial charge in [0.05, 0.1) is 33.1 Å². The van der Waals surface area contributed by atoms with Crippen molar-refractivity contribution in [1.82, 2.24) is 14.8 Å². The molecule has 0 aliphatic heterocycles. The summed E-state index contributed by atoms with van der Waals surface area (Å²) in [5.41, 5.74) is 6.76. The third kappa shape index (κ3) is 3.01. The fraction of sp³-hybridized carbons (Fsp3) is 0. The molecule has 134 valence electrons. The molecule has 9 heteroatoms. The molecule has 2 N–H and O–H groups in total. The summed E-state index contributed by atoms with van der Waals surface area (Å²) in [6.45, 7) is 0. The Morgan fingerprint density at radius 3 is 2.70 bits per heavy atom. The molecule has 2 aromatic carbocycles. The van der Waals surface area contributed by atoms with Crippen molar-refractivity contribution < 1.29 is 14.1 Å². The maximum absolute atomic E-state index is 13.5. The van der Waals surface area contributed by atoms with Gasteiger partial charge in [0.25, 0.3) is 11.6 Å². The molecule has 0 unspecified atom stereocenters. The number of amides is 1. The molecule has 0 bridgehead atoms. The van der Waals surface area contributed by atoms with Crippen LogP contribution in [0, 0.1) is 15.9 Å². The molecular formula is C18H12FN5O3. The van der Waals surface area contributed by atoms with Gasteiger partial charge in [-0.1, -0.05) is 12.1 Å². The zero-order chi connectivity index (χ0) is 19.0. The van der Waals surface area contributed by atoms with Crippen LogP contribution in [0.25, 0.3) is 16.6 Å². The van der Waals surface area contributed by atoms with E-state index in [1.165, 1.54) is 0 Å². The Hall–Kier alpha value is -4.01. The second kappa shape index (κ2) is 6.37. The van der Waals surface area contributed by atoms with Gasteiger partial charge in [-0.25, -0.2) is 9.37 Å². The van der Waals surface area contributed by atoms with Gasteiger partial charge in [-0.3, -0.25) is 25.8 Å². The lowest BCUT2D eigenvalue weighted by Crippen LogP contribution is -2.30. The molecule has 27 heavy (non-hydrogen) atoms. The zero-order valence-corrected chi connectivity index (χ0v) is 13.7. The number of para-hydroxylation sites is 2. The SMILES string of the molecule is O=C(NNc1nc2ccccc2n2cccc12)c1cc(F)cc([N+](=O)[O-])c1. The third-order valence-corrected chi connectivity index (χ3v) is 4.01. The molecule has 0 fully saturated rings. The largest absolute Gasteiger partial charge is 0.312 e. The number of hydrazine groups is 1. The number of fused-ring (bicyclic) bond motifs is 3. The van der Waals surface area contributed by atoms with Crippen molar-refractivity contribution in [1.29, 1.82) is 0 Å². The molecule has 0 saturated heterocycles. The summed E-state index contributed by atoms with van der Waals surface area (Å²) in [6, 6.07) is 13.8. The molecule has 2 heterocycles. The number of hydrogen-bond acceptors (Lipinski definition) is 5. The minimum absolute atomic E-state index is 0.179. The van der Waals surface area contributed by atoms with Crippen molar-refractivity contribution in [2.45, 2.75) is 0 Å². The first-order chi connectivity index (χ1) is 13.0. The van der Waals surface area contributed by atoms with E-state index in [9.17, 15) is 19.3 Å². The molecule has 0 radical (unpaired) electrons. The lowest BCUT2D eigenvalue weighted by atomic mass is 10.2. The highest BCUT2D eigenvalue weighted by Crippen LogP contribution is 2.22. The predicted molar refractivity (Wildman–Crippen MR) is 96.8 cm³/mol. The highest BCUT2D eigenvalue weighted by atomic mass is 19.1. The second-order valence-electron chi connectivity index (χ2n) is 5.75. The highest BCUT2D eigenvalue weighted by Gasteiger charge is 2.15. The number of benzene rings is 2. The fourth-order valence-corrected chi connectivity index (χ4v) is 2.81. The number of nitro groups is 1. The molecule has 4 rings (SSSR count). The van der Waals surface area contributed by atoms with Gasteiger partial charge in [-0.2, -0.15) is 0 Å². The van der Waals surface area contributed by atoms with E-state index in [2.05, 4.69) is 15.8 Å². The molecule has 4 aromatic rings. The number of hydrogen-bond donors (Lipinski definition) is 2. The zero-order valence-electron chi connectivity index (χ0n) is 13.7. The minimum atomic E-state index is -0.868. The number of nitrogens with one attached hydrogen (secondary N) is 2. The minimum Gasteiger partial charge on any atom is -0.312 e. The first kappa shape index (κ1) is 16.5. The second-order valence-corrected chi connectivity index (χ2v) is 5.75. The van der Waals surface area contributed by atoms with Crippen LogP contribution >= 0.6 is 0 Å². The van der Waals surface area contributed by atoms with Crippen LogP contribution in [-0.2, 0) is 0 Å². The monoisotopic (exact) mass is 365 g/mol. The first-order valence-corrected chi connectivity index (χ1v) is 7.90. The number of anilines is 1. The maximum Gasteiger partial charge on any atom is 0.273 e. The van der Waals surface area contributed by atoms with Gasteiger partial charge in [0.2, 0.25) is 0 Å². The predicted octanol–water partition coefficient (Wildman–Crippen LogP) is 3.29. The summed E-state index contributed by atoms with van der Waals surface area (Å²) >= 11 is 0. The van der Waals surface area contributed by atoms with Gasteiger partial charge >= 0.3 is 0 Å². The van der Waals surface area contributed by atoms with Crippen LogP contribution in [-0.4, -0.2) is 20.2 Å². The van der Waals surface area contributed by atoms with E-state index in [0.29, 0.717) is 11.3 Å². The first-order valence-electron chi connectivity index (χ1n) is 7.90. The Balaban J connectivity index is 1.64. The Labute approximate surface area is 151 Å². The van der Waals surface area contributed by atoms with Crippen LogP contribution < -0.4 is 10.9 Å². The molecule has 0 spiro atoms. The Kier molecular flexibility index (Phi) is 3.88. The van der Waals surface area contributed by atoms with Gasteiger partial charge in [0, 0.05) is 12.3 Å². The van der Waals surface area contributed by atoms with Gasteiger partial charge in [-0.15, -0.1) is 0 Å². The number of non-ortho nitro benzene ring substituents is 1. The van der Waals surface area contributed by atoms with Crippen LogP contribution in [0.4, 0.5) is 15.9 Å². The third-order valence-electron chi connectivity index (χ3n) is 4.01. The van der Waals surface area contributed by atoms with Crippen molar-refractivity contribution in [3.05, 3.63) is 82.3 Å². The van der Waals surface area contributed by atoms with Crippen molar-refractivity contribution in [3.63, 3.8) is 0 Å². The summed E-state index contributed by atoms with van der Waals surface area (Å²) < 4.78 is 15.4. The molecular weight excluding hydrogens is 353 g/mol. The lowest BCUT2D eigenvalue weighted by molar-refractivity contribution is -0.385. The van der Waals surface area contributed by atoms with Crippen LogP contribution in [0.3, 0.4) is 0 Å². The van der Waals surface area contributed by atoms with E-state index < -0.39 is 22.3 Å². The van der Waals surface area contributed by atoms with Crippen molar-refractivity contribution in [3.8, 4) is 0 Å². The van der Waals surface area contributed by atoms with Crippen molar-refractivity contribution in [2.75, 3.05) is 5.43 Å². The summed E-state index contributed by atoms with van der Waals surface area (Å²) in [7, 11) is 0. The number of aromatic nitrogens is 2. The normalized spacial score (nSPS) is 10.9. The summed E-state index contributed by atoms with van der Waals surface area (Å²) in [5.74, 6) is -1.21. The van der Waals surface area contributed by atoms with E-state index in [4.69, 9.17) is 0 Å². The topological polar surface area (TPSA) is 102 Å². The molecule has 0 aliphatic rings. The number of carbonyl (C=O) groups is 1. The molecule has 0 saturated carbocycles. The van der Waals surface area contributed by atoms with Crippen LogP contribution in [0.5, 0.6) is 0 Å². The molecule has 2 aromatic heterocycles. The Morgan fingerprint density at radius 2 is 1.89 bits per heavy atom. The van der Waals surface area contributed by atoms with E-state index in [-0.39, 0.29) is 5.56 Å². The molecule has 1 amide bonds. The average molecular weight is 365 g/mol. The number of rotatable bonds is 4. The number of carbonyl (C=O) groups excluding carboxylic acids is 1. The van der Waals surface area contributed by atoms with Crippen molar-refractivity contribution >= 4 is 34.0 Å². The molecule has 8 nitrogen and oxygen atoms in total. The van der Waals surface area contributed by atoms with Crippen molar-refractivity contribution in [2.24, 2.45) is 0 Å². The summed E-state index contributed by atoms with van der Waals surface area (Å²) in [5, 5.41) is 10.8. The quantitative estimate of drug-likeness (QED) is 0.427. The number of halogens is 1. The van der Waals surface area contributed by atoms with E-state index in [0.717, 1.165) is 29.2 Å². The lowest BCUT2D eigenvalue weighted by Gasteiger charge is -2.11. The van der Waals surface area contributed by atoms with Crippen LogP contribution in [0.2, 0.25) is 0 Å². The number of nitro benzene ring substituents is 1. The van der Waals surface area contributed by atoms with Gasteiger partial charge in [0.1, 0.15) is 5.82 Å². The standard InChI is InChI=1S/C18H12FN5O3/c19-12-8-11(9-13(10-12)24(26)27)18(25)22-21-17-16-6-3-7-23(16)15-5-2-1-4-14(15)20-17/h1-10H,(H,20,21)(H,22,25). The smallest absolute Gasteiger partial charge is 0.273 e. The Morgan fingerprint density at radius 1 is 1.11 bits per heavy atom. The maximum atomic E-state index is 13.5. The van der Waals surface area contributed by atoms with Gasteiger partial charge in [-0.05, 0) is 30.3 Å². The fourth-order valence-electron chi connectivity index (χ4n) is 2.81. The van der Waals surface area contributed by atoms with E-state index in [1.807, 2.05) is 47.0 Å².